The molecule has 148 valence electrons. The number of hydrogen-bond acceptors (Lipinski definition) is 8. The maximum atomic E-state index is 11.4. The number of aryl methyl sites for hydroxylation is 1. The summed E-state index contributed by atoms with van der Waals surface area (Å²) >= 11 is 1.57. The highest BCUT2D eigenvalue weighted by Crippen LogP contribution is 2.41. The van der Waals surface area contributed by atoms with Crippen LogP contribution in [0.3, 0.4) is 0 Å². The minimum atomic E-state index is -0.208. The van der Waals surface area contributed by atoms with Gasteiger partial charge in [0.05, 0.1) is 12.2 Å². The van der Waals surface area contributed by atoms with Crippen LogP contribution >= 0.6 is 11.8 Å². The largest absolute Gasteiger partial charge is 0.493 e. The summed E-state index contributed by atoms with van der Waals surface area (Å²) in [6, 6.07) is 3.86. The van der Waals surface area contributed by atoms with Crippen LogP contribution in [0.25, 0.3) is 5.70 Å². The van der Waals surface area contributed by atoms with E-state index in [0.717, 1.165) is 38.9 Å². The molecule has 8 nitrogen and oxygen atoms in total. The van der Waals surface area contributed by atoms with E-state index in [0.29, 0.717) is 12.1 Å². The fourth-order valence-electron chi connectivity index (χ4n) is 3.00. The second-order valence-electron chi connectivity index (χ2n) is 6.61. The highest BCUT2D eigenvalue weighted by molar-refractivity contribution is 8.17. The SMILES string of the molecule is Cc1cc(C2=NN3C(=CCC=C3c3cncc(CNC(=O)CN)c3)S2)cnc1O. The monoisotopic (exact) mass is 408 g/mol. The molecule has 0 spiro atoms. The molecule has 0 radical (unpaired) electrons. The van der Waals surface area contributed by atoms with E-state index >= 15 is 0 Å². The molecule has 0 atom stereocenters. The van der Waals surface area contributed by atoms with Crippen molar-refractivity contribution in [2.24, 2.45) is 10.8 Å². The van der Waals surface area contributed by atoms with Crippen LogP contribution in [0.4, 0.5) is 0 Å². The Hall–Kier alpha value is -3.17. The first-order valence-electron chi connectivity index (χ1n) is 9.09. The lowest BCUT2D eigenvalue weighted by atomic mass is 10.1. The number of nitrogens with one attached hydrogen (secondary N) is 1. The van der Waals surface area contributed by atoms with E-state index in [1.54, 1.807) is 30.4 Å². The Kier molecular flexibility index (Phi) is 5.32. The summed E-state index contributed by atoms with van der Waals surface area (Å²) in [5.74, 6) is -0.181. The van der Waals surface area contributed by atoms with Crippen LogP contribution in [0.5, 0.6) is 5.88 Å². The van der Waals surface area contributed by atoms with Crippen molar-refractivity contribution < 1.29 is 9.90 Å². The van der Waals surface area contributed by atoms with Crippen molar-refractivity contribution in [3.05, 3.63) is 70.2 Å². The zero-order chi connectivity index (χ0) is 20.4. The molecule has 0 aliphatic carbocycles. The van der Waals surface area contributed by atoms with Gasteiger partial charge in [0.1, 0.15) is 10.1 Å². The van der Waals surface area contributed by atoms with E-state index in [1.807, 2.05) is 24.1 Å². The maximum Gasteiger partial charge on any atom is 0.234 e. The van der Waals surface area contributed by atoms with Crippen molar-refractivity contribution >= 4 is 28.4 Å². The number of nitrogens with two attached hydrogens (primary N) is 1. The van der Waals surface area contributed by atoms with Gasteiger partial charge in [0, 0.05) is 41.8 Å². The molecule has 2 aliphatic heterocycles. The van der Waals surface area contributed by atoms with Crippen molar-refractivity contribution in [2.75, 3.05) is 6.54 Å². The first-order chi connectivity index (χ1) is 14.0. The van der Waals surface area contributed by atoms with Gasteiger partial charge in [-0.2, -0.15) is 5.10 Å². The van der Waals surface area contributed by atoms with Crippen LogP contribution in [0.15, 0.2) is 53.0 Å². The lowest BCUT2D eigenvalue weighted by Crippen LogP contribution is -2.29. The number of hydrazone groups is 1. The number of aromatic hydroxyl groups is 1. The van der Waals surface area contributed by atoms with Crippen molar-refractivity contribution in [3.63, 3.8) is 0 Å². The fourth-order valence-corrected chi connectivity index (χ4v) is 3.96. The van der Waals surface area contributed by atoms with Gasteiger partial charge in [-0.25, -0.2) is 9.99 Å². The highest BCUT2D eigenvalue weighted by atomic mass is 32.2. The average molecular weight is 408 g/mol. The second kappa shape index (κ2) is 8.06. The third-order valence-corrected chi connectivity index (χ3v) is 5.56. The zero-order valence-corrected chi connectivity index (χ0v) is 16.6. The van der Waals surface area contributed by atoms with E-state index < -0.39 is 0 Å². The topological polar surface area (TPSA) is 117 Å². The molecule has 2 aromatic heterocycles. The normalized spacial score (nSPS) is 15.4. The molecule has 1 amide bonds. The Labute approximate surface area is 172 Å². The third-order valence-electron chi connectivity index (χ3n) is 4.50. The van der Waals surface area contributed by atoms with Crippen LogP contribution in [-0.2, 0) is 11.3 Å². The van der Waals surface area contributed by atoms with E-state index in [-0.39, 0.29) is 18.3 Å². The smallest absolute Gasteiger partial charge is 0.234 e. The molecular formula is C20H20N6O2S. The number of amides is 1. The van der Waals surface area contributed by atoms with E-state index in [2.05, 4.69) is 27.4 Å². The van der Waals surface area contributed by atoms with Crippen molar-refractivity contribution in [1.29, 1.82) is 0 Å². The predicted octanol–water partition coefficient (Wildman–Crippen LogP) is 2.06. The quantitative estimate of drug-likeness (QED) is 0.693. The number of fused-ring (bicyclic) bond motifs is 1. The van der Waals surface area contributed by atoms with Crippen LogP contribution in [0.2, 0.25) is 0 Å². The molecule has 4 heterocycles. The molecular weight excluding hydrogens is 388 g/mol. The lowest BCUT2D eigenvalue weighted by molar-refractivity contribution is -0.119. The number of rotatable bonds is 5. The number of hydrogen-bond donors (Lipinski definition) is 3. The first kappa shape index (κ1) is 19.2. The number of allylic oxidation sites excluding steroid dienone is 2. The van der Waals surface area contributed by atoms with Gasteiger partial charge in [-0.1, -0.05) is 6.08 Å². The summed E-state index contributed by atoms with van der Waals surface area (Å²) in [7, 11) is 0. The zero-order valence-electron chi connectivity index (χ0n) is 15.8. The average Bonchev–Trinajstić information content (AvgIpc) is 3.18. The molecule has 2 aromatic rings. The number of nitrogens with zero attached hydrogens (tertiary/aromatic N) is 4. The van der Waals surface area contributed by atoms with E-state index in [1.165, 1.54) is 0 Å². The van der Waals surface area contributed by atoms with Crippen LogP contribution in [0, 0.1) is 6.92 Å². The highest BCUT2D eigenvalue weighted by Gasteiger charge is 2.28. The molecule has 9 heteroatoms. The molecule has 0 saturated heterocycles. The van der Waals surface area contributed by atoms with Gasteiger partial charge < -0.3 is 16.2 Å². The maximum absolute atomic E-state index is 11.4. The fraction of sp³-hybridized carbons (Fsp3) is 0.200. The van der Waals surface area contributed by atoms with Crippen LogP contribution < -0.4 is 11.1 Å². The number of aromatic nitrogens is 2. The summed E-state index contributed by atoms with van der Waals surface area (Å²) in [6.07, 6.45) is 10.1. The number of pyridine rings is 2. The number of carbonyl (C=O) groups excluding carboxylic acids is 1. The van der Waals surface area contributed by atoms with E-state index in [4.69, 9.17) is 10.8 Å². The second-order valence-corrected chi connectivity index (χ2v) is 7.62. The summed E-state index contributed by atoms with van der Waals surface area (Å²) in [4.78, 5) is 19.8. The Bertz CT molecular complexity index is 1060. The lowest BCUT2D eigenvalue weighted by Gasteiger charge is -2.22. The Morgan fingerprint density at radius 3 is 2.93 bits per heavy atom. The molecule has 4 rings (SSSR count). The first-order valence-corrected chi connectivity index (χ1v) is 9.90. The Balaban J connectivity index is 1.59. The third kappa shape index (κ3) is 4.01. The van der Waals surface area contributed by atoms with Crippen LogP contribution in [0.1, 0.15) is 28.7 Å². The molecule has 4 N–H and O–H groups in total. The summed E-state index contributed by atoms with van der Waals surface area (Å²) in [5, 5.41) is 20.9. The number of thioether (sulfide) groups is 1. The van der Waals surface area contributed by atoms with Crippen molar-refractivity contribution in [2.45, 2.75) is 19.9 Å². The van der Waals surface area contributed by atoms with Gasteiger partial charge in [-0.15, -0.1) is 0 Å². The standard InChI is InChI=1S/C20H20N6O2S/c1-12-5-15(11-24-19(12)28)20-25-26-16(3-2-4-18(26)29-20)14-6-13(8-22-10-14)9-23-17(27)7-21/h3-6,8,10-11H,2,7,9,21H2,1H3,(H,23,27)(H,24,28). The molecule has 0 aromatic carbocycles. The van der Waals surface area contributed by atoms with Crippen molar-refractivity contribution in [1.82, 2.24) is 20.3 Å². The summed E-state index contributed by atoms with van der Waals surface area (Å²) in [6.45, 7) is 2.14. The molecule has 29 heavy (non-hydrogen) atoms. The summed E-state index contributed by atoms with van der Waals surface area (Å²) in [5.41, 5.74) is 9.64. The molecule has 0 bridgehead atoms. The number of carbonyl (C=O) groups is 1. The van der Waals surface area contributed by atoms with Gasteiger partial charge in [-0.3, -0.25) is 9.78 Å². The predicted molar refractivity (Wildman–Crippen MR) is 112 cm³/mol. The molecule has 0 unspecified atom stereocenters. The van der Waals surface area contributed by atoms with Gasteiger partial charge >= 0.3 is 0 Å². The Morgan fingerprint density at radius 2 is 2.14 bits per heavy atom. The molecule has 2 aliphatic rings. The Morgan fingerprint density at radius 1 is 1.28 bits per heavy atom. The van der Waals surface area contributed by atoms with Crippen LogP contribution in [-0.4, -0.2) is 37.6 Å². The minimum Gasteiger partial charge on any atom is -0.493 e. The van der Waals surface area contributed by atoms with Gasteiger partial charge in [0.2, 0.25) is 11.8 Å². The van der Waals surface area contributed by atoms with Gasteiger partial charge in [0.15, 0.2) is 0 Å². The van der Waals surface area contributed by atoms with E-state index in [9.17, 15) is 9.90 Å². The summed E-state index contributed by atoms with van der Waals surface area (Å²) < 4.78 is 0. The van der Waals surface area contributed by atoms with Crippen molar-refractivity contribution in [3.8, 4) is 5.88 Å². The minimum absolute atomic E-state index is 0.0273. The van der Waals surface area contributed by atoms with Gasteiger partial charge in [-0.05, 0) is 48.9 Å². The molecule has 0 saturated carbocycles. The van der Waals surface area contributed by atoms with Gasteiger partial charge in [0.25, 0.3) is 0 Å². The molecule has 0 fully saturated rings.